The predicted octanol–water partition coefficient (Wildman–Crippen LogP) is 4.11. The van der Waals surface area contributed by atoms with Gasteiger partial charge in [0.25, 0.3) is 0 Å². The van der Waals surface area contributed by atoms with E-state index in [2.05, 4.69) is 56.7 Å². The number of thiophene rings is 1. The Bertz CT molecular complexity index is 296. The summed E-state index contributed by atoms with van der Waals surface area (Å²) in [7, 11) is 0. The summed E-state index contributed by atoms with van der Waals surface area (Å²) in [6.45, 7) is 6.84. The van der Waals surface area contributed by atoms with Crippen LogP contribution in [-0.4, -0.2) is 6.54 Å². The molecule has 1 unspecified atom stereocenters. The van der Waals surface area contributed by atoms with Crippen molar-refractivity contribution < 1.29 is 0 Å². The molecular weight excluding hydrogens is 314 g/mol. The first-order valence-electron chi connectivity index (χ1n) is 3.99. The standard InChI is InChI=1S/C9H11Br2NS/c1-3-7(12-4-2)6-5-8(10)13-9(6)11/h3,5,7,12H,1,4H2,2H3. The van der Waals surface area contributed by atoms with Crippen molar-refractivity contribution in [3.05, 3.63) is 31.9 Å². The van der Waals surface area contributed by atoms with Crippen molar-refractivity contribution in [2.75, 3.05) is 6.54 Å². The maximum atomic E-state index is 3.81. The summed E-state index contributed by atoms with van der Waals surface area (Å²) in [5, 5.41) is 3.34. The smallest absolute Gasteiger partial charge is 0.0761 e. The van der Waals surface area contributed by atoms with Gasteiger partial charge in [0, 0.05) is 0 Å². The van der Waals surface area contributed by atoms with Crippen LogP contribution in [0.3, 0.4) is 0 Å². The fraction of sp³-hybridized carbons (Fsp3) is 0.333. The zero-order chi connectivity index (χ0) is 9.84. The van der Waals surface area contributed by atoms with Crippen LogP contribution in [-0.2, 0) is 0 Å². The molecule has 0 aliphatic carbocycles. The van der Waals surface area contributed by atoms with Gasteiger partial charge in [0.05, 0.1) is 13.6 Å². The molecule has 0 aliphatic heterocycles. The van der Waals surface area contributed by atoms with Crippen LogP contribution in [0.25, 0.3) is 0 Å². The predicted molar refractivity (Wildman–Crippen MR) is 66.3 cm³/mol. The Labute approximate surface area is 99.5 Å². The van der Waals surface area contributed by atoms with E-state index in [9.17, 15) is 0 Å². The molecule has 13 heavy (non-hydrogen) atoms. The molecule has 0 radical (unpaired) electrons. The summed E-state index contributed by atoms with van der Waals surface area (Å²) < 4.78 is 2.30. The molecule has 1 aromatic rings. The average molecular weight is 325 g/mol. The number of halogens is 2. The van der Waals surface area contributed by atoms with Gasteiger partial charge < -0.3 is 5.32 Å². The molecule has 0 saturated heterocycles. The highest BCUT2D eigenvalue weighted by atomic mass is 79.9. The lowest BCUT2D eigenvalue weighted by Crippen LogP contribution is -2.18. The minimum Gasteiger partial charge on any atom is -0.307 e. The number of rotatable bonds is 4. The molecule has 72 valence electrons. The Morgan fingerprint density at radius 1 is 1.69 bits per heavy atom. The maximum Gasteiger partial charge on any atom is 0.0761 e. The number of likely N-dealkylation sites (N-methyl/N-ethyl adjacent to an activating group) is 1. The van der Waals surface area contributed by atoms with Gasteiger partial charge in [0.15, 0.2) is 0 Å². The second-order valence-electron chi connectivity index (χ2n) is 2.55. The van der Waals surface area contributed by atoms with E-state index >= 15 is 0 Å². The summed E-state index contributed by atoms with van der Waals surface area (Å²) in [6, 6.07) is 2.35. The minimum absolute atomic E-state index is 0.238. The van der Waals surface area contributed by atoms with Gasteiger partial charge in [0.1, 0.15) is 0 Å². The van der Waals surface area contributed by atoms with Gasteiger partial charge in [-0.25, -0.2) is 0 Å². The van der Waals surface area contributed by atoms with E-state index in [0.29, 0.717) is 0 Å². The number of nitrogens with one attached hydrogen (secondary N) is 1. The molecule has 1 heterocycles. The van der Waals surface area contributed by atoms with Crippen molar-refractivity contribution in [3.8, 4) is 0 Å². The van der Waals surface area contributed by atoms with Crippen LogP contribution in [0.1, 0.15) is 18.5 Å². The summed E-state index contributed by atoms with van der Waals surface area (Å²) in [4.78, 5) is 0. The van der Waals surface area contributed by atoms with E-state index in [4.69, 9.17) is 0 Å². The molecule has 1 atom stereocenters. The number of hydrogen-bond acceptors (Lipinski definition) is 2. The zero-order valence-electron chi connectivity index (χ0n) is 7.31. The van der Waals surface area contributed by atoms with Crippen molar-refractivity contribution >= 4 is 43.2 Å². The molecule has 4 heteroatoms. The summed E-state index contributed by atoms with van der Waals surface area (Å²) in [5.41, 5.74) is 1.24. The van der Waals surface area contributed by atoms with E-state index in [1.165, 1.54) is 5.56 Å². The third-order valence-electron chi connectivity index (χ3n) is 1.68. The first kappa shape index (κ1) is 11.4. The van der Waals surface area contributed by atoms with Crippen molar-refractivity contribution in [2.24, 2.45) is 0 Å². The maximum absolute atomic E-state index is 3.81. The van der Waals surface area contributed by atoms with E-state index < -0.39 is 0 Å². The van der Waals surface area contributed by atoms with Crippen LogP contribution in [0.2, 0.25) is 0 Å². The van der Waals surface area contributed by atoms with Crippen molar-refractivity contribution in [1.29, 1.82) is 0 Å². The van der Waals surface area contributed by atoms with Crippen LogP contribution < -0.4 is 5.32 Å². The Morgan fingerprint density at radius 2 is 2.38 bits per heavy atom. The second-order valence-corrected chi connectivity index (χ2v) is 6.30. The molecule has 0 saturated carbocycles. The highest BCUT2D eigenvalue weighted by Gasteiger charge is 2.12. The molecule has 0 aromatic carbocycles. The quantitative estimate of drug-likeness (QED) is 0.822. The fourth-order valence-electron chi connectivity index (χ4n) is 1.11. The molecule has 1 rings (SSSR count). The molecule has 0 amide bonds. The van der Waals surface area contributed by atoms with E-state index in [1.54, 1.807) is 11.3 Å². The molecular formula is C9H11Br2NS. The van der Waals surface area contributed by atoms with Gasteiger partial charge in [0.2, 0.25) is 0 Å². The first-order valence-corrected chi connectivity index (χ1v) is 6.40. The molecule has 0 aliphatic rings. The summed E-state index contributed by atoms with van der Waals surface area (Å²) >= 11 is 8.67. The van der Waals surface area contributed by atoms with Gasteiger partial charge in [-0.2, -0.15) is 0 Å². The van der Waals surface area contributed by atoms with Gasteiger partial charge >= 0.3 is 0 Å². The number of hydrogen-bond donors (Lipinski definition) is 1. The summed E-state index contributed by atoms with van der Waals surface area (Å²) in [6.07, 6.45) is 1.92. The molecule has 0 fully saturated rings. The molecule has 0 bridgehead atoms. The highest BCUT2D eigenvalue weighted by molar-refractivity contribution is 9.12. The van der Waals surface area contributed by atoms with Crippen LogP contribution in [0.5, 0.6) is 0 Å². The van der Waals surface area contributed by atoms with Gasteiger partial charge in [-0.3, -0.25) is 0 Å². The van der Waals surface area contributed by atoms with Crippen LogP contribution in [0, 0.1) is 0 Å². The normalized spacial score (nSPS) is 12.8. The lowest BCUT2D eigenvalue weighted by molar-refractivity contribution is 0.649. The molecule has 1 nitrogen and oxygen atoms in total. The molecule has 1 N–H and O–H groups in total. The van der Waals surface area contributed by atoms with Crippen molar-refractivity contribution in [3.63, 3.8) is 0 Å². The Morgan fingerprint density at radius 3 is 2.77 bits per heavy atom. The lowest BCUT2D eigenvalue weighted by Gasteiger charge is -2.11. The Balaban J connectivity index is 2.89. The largest absolute Gasteiger partial charge is 0.307 e. The fourth-order valence-corrected chi connectivity index (χ4v) is 4.03. The van der Waals surface area contributed by atoms with Crippen LogP contribution in [0.4, 0.5) is 0 Å². The zero-order valence-corrected chi connectivity index (χ0v) is 11.3. The van der Waals surface area contributed by atoms with E-state index in [0.717, 1.165) is 14.1 Å². The molecule has 0 spiro atoms. The Hall–Kier alpha value is 0.360. The van der Waals surface area contributed by atoms with Crippen molar-refractivity contribution in [1.82, 2.24) is 5.32 Å². The highest BCUT2D eigenvalue weighted by Crippen LogP contribution is 2.35. The van der Waals surface area contributed by atoms with Crippen LogP contribution >= 0.6 is 43.2 Å². The van der Waals surface area contributed by atoms with Gasteiger partial charge in [-0.15, -0.1) is 17.9 Å². The molecule has 1 aromatic heterocycles. The third-order valence-corrected chi connectivity index (χ3v) is 4.06. The third kappa shape index (κ3) is 2.91. The van der Waals surface area contributed by atoms with Gasteiger partial charge in [-0.05, 0) is 50.0 Å². The SMILES string of the molecule is C=CC(NCC)c1cc(Br)sc1Br. The van der Waals surface area contributed by atoms with Crippen molar-refractivity contribution in [2.45, 2.75) is 13.0 Å². The second kappa shape index (κ2) is 5.29. The van der Waals surface area contributed by atoms with Gasteiger partial charge in [-0.1, -0.05) is 13.0 Å². The average Bonchev–Trinajstić information content (AvgIpc) is 2.41. The first-order chi connectivity index (χ1) is 6.19. The Kier molecular flexibility index (Phi) is 4.66. The topological polar surface area (TPSA) is 12.0 Å². The summed E-state index contributed by atoms with van der Waals surface area (Å²) in [5.74, 6) is 0. The van der Waals surface area contributed by atoms with Crippen LogP contribution in [0.15, 0.2) is 26.3 Å². The van der Waals surface area contributed by atoms with E-state index in [1.807, 2.05) is 6.08 Å². The minimum atomic E-state index is 0.238. The lowest BCUT2D eigenvalue weighted by atomic mass is 10.1. The van der Waals surface area contributed by atoms with E-state index in [-0.39, 0.29) is 6.04 Å². The monoisotopic (exact) mass is 323 g/mol.